The summed E-state index contributed by atoms with van der Waals surface area (Å²) in [6, 6.07) is 1.24. The van der Waals surface area contributed by atoms with E-state index < -0.39 is 9.84 Å². The largest absolute Gasteiger partial charge is 0.357 e. The van der Waals surface area contributed by atoms with E-state index in [1.165, 1.54) is 19.4 Å². The van der Waals surface area contributed by atoms with E-state index in [1.54, 1.807) is 0 Å². The van der Waals surface area contributed by atoms with Crippen LogP contribution in [0.2, 0.25) is 0 Å². The first kappa shape index (κ1) is 17.0. The Bertz CT molecular complexity index is 544. The van der Waals surface area contributed by atoms with Crippen LogP contribution in [0.5, 0.6) is 0 Å². The standard InChI is InChI=1S/C16H30N4O2S/c1-3-17-16(18-8-13-6-7-23(21,22)11-13)19-15-10-20(9-12(15)2)14-4-5-14/h12-15H,3-11H2,1-2H3,(H2,17,18,19). The second-order valence-electron chi connectivity index (χ2n) is 7.40. The molecule has 132 valence electrons. The number of nitrogens with zero attached hydrogens (tertiary/aromatic N) is 2. The third-order valence-corrected chi connectivity index (χ3v) is 7.04. The molecular formula is C16H30N4O2S. The lowest BCUT2D eigenvalue weighted by Gasteiger charge is -2.20. The molecule has 0 amide bonds. The Kier molecular flexibility index (Phi) is 5.16. The summed E-state index contributed by atoms with van der Waals surface area (Å²) in [4.78, 5) is 7.25. The Morgan fingerprint density at radius 3 is 2.65 bits per heavy atom. The van der Waals surface area contributed by atoms with Gasteiger partial charge in [0.15, 0.2) is 15.8 Å². The Balaban J connectivity index is 1.54. The van der Waals surface area contributed by atoms with Crippen LogP contribution < -0.4 is 10.6 Å². The molecule has 2 N–H and O–H groups in total. The SMILES string of the molecule is CCNC(=NCC1CCS(=O)(=O)C1)NC1CN(C2CC2)CC1C. The van der Waals surface area contributed by atoms with Gasteiger partial charge in [-0.05, 0) is 38.0 Å². The summed E-state index contributed by atoms with van der Waals surface area (Å²) >= 11 is 0. The number of guanidine groups is 1. The zero-order valence-electron chi connectivity index (χ0n) is 14.3. The molecule has 6 nitrogen and oxygen atoms in total. The van der Waals surface area contributed by atoms with Crippen LogP contribution in [-0.4, -0.2) is 69.0 Å². The van der Waals surface area contributed by atoms with E-state index in [4.69, 9.17) is 0 Å². The van der Waals surface area contributed by atoms with Crippen LogP contribution in [0.4, 0.5) is 0 Å². The molecule has 1 aliphatic carbocycles. The quantitative estimate of drug-likeness (QED) is 0.561. The fourth-order valence-electron chi connectivity index (χ4n) is 3.66. The number of nitrogens with one attached hydrogen (secondary N) is 2. The van der Waals surface area contributed by atoms with Gasteiger partial charge in [-0.2, -0.15) is 0 Å². The van der Waals surface area contributed by atoms with Gasteiger partial charge in [0.05, 0.1) is 11.5 Å². The molecule has 1 saturated carbocycles. The van der Waals surface area contributed by atoms with Gasteiger partial charge < -0.3 is 10.6 Å². The van der Waals surface area contributed by atoms with Crippen LogP contribution in [0.15, 0.2) is 4.99 Å². The summed E-state index contributed by atoms with van der Waals surface area (Å²) in [7, 11) is -2.81. The van der Waals surface area contributed by atoms with Crippen LogP contribution >= 0.6 is 0 Å². The van der Waals surface area contributed by atoms with Crippen molar-refractivity contribution in [2.75, 3.05) is 37.7 Å². The first-order valence-corrected chi connectivity index (χ1v) is 10.8. The number of aliphatic imine (C=N–C) groups is 1. The Hall–Kier alpha value is -0.820. The van der Waals surface area contributed by atoms with E-state index in [-0.39, 0.29) is 5.92 Å². The summed E-state index contributed by atoms with van der Waals surface area (Å²) < 4.78 is 23.1. The Morgan fingerprint density at radius 2 is 2.04 bits per heavy atom. The second kappa shape index (κ2) is 6.97. The maximum Gasteiger partial charge on any atom is 0.191 e. The van der Waals surface area contributed by atoms with Gasteiger partial charge >= 0.3 is 0 Å². The van der Waals surface area contributed by atoms with Gasteiger partial charge in [0.1, 0.15) is 0 Å². The van der Waals surface area contributed by atoms with Gasteiger partial charge in [-0.15, -0.1) is 0 Å². The fraction of sp³-hybridized carbons (Fsp3) is 0.938. The van der Waals surface area contributed by atoms with E-state index in [9.17, 15) is 8.42 Å². The monoisotopic (exact) mass is 342 g/mol. The zero-order chi connectivity index (χ0) is 16.4. The van der Waals surface area contributed by atoms with Crippen molar-refractivity contribution >= 4 is 15.8 Å². The van der Waals surface area contributed by atoms with Crippen molar-refractivity contribution in [1.29, 1.82) is 0 Å². The highest BCUT2D eigenvalue weighted by Gasteiger charge is 2.38. The highest BCUT2D eigenvalue weighted by atomic mass is 32.2. The van der Waals surface area contributed by atoms with Gasteiger partial charge in [-0.25, -0.2) is 8.42 Å². The predicted octanol–water partition coefficient (Wildman–Crippen LogP) is 0.459. The predicted molar refractivity (Wildman–Crippen MR) is 93.4 cm³/mol. The summed E-state index contributed by atoms with van der Waals surface area (Å²) in [6.45, 7) is 8.04. The normalized spacial score (nSPS) is 34.7. The summed E-state index contributed by atoms with van der Waals surface area (Å²) in [5.41, 5.74) is 0. The molecule has 3 fully saturated rings. The molecule has 23 heavy (non-hydrogen) atoms. The highest BCUT2D eigenvalue weighted by molar-refractivity contribution is 7.91. The van der Waals surface area contributed by atoms with Crippen LogP contribution in [0, 0.1) is 11.8 Å². The van der Waals surface area contributed by atoms with Crippen LogP contribution in [0.25, 0.3) is 0 Å². The number of hydrogen-bond donors (Lipinski definition) is 2. The maximum absolute atomic E-state index is 11.6. The van der Waals surface area contributed by atoms with E-state index in [0.29, 0.717) is 30.0 Å². The molecule has 0 aromatic rings. The van der Waals surface area contributed by atoms with Crippen LogP contribution in [0.3, 0.4) is 0 Å². The molecule has 3 atom stereocenters. The molecule has 0 aromatic carbocycles. The smallest absolute Gasteiger partial charge is 0.191 e. The van der Waals surface area contributed by atoms with Crippen LogP contribution in [0.1, 0.15) is 33.1 Å². The maximum atomic E-state index is 11.6. The molecule has 0 spiro atoms. The number of rotatable bonds is 5. The number of hydrogen-bond acceptors (Lipinski definition) is 4. The van der Waals surface area contributed by atoms with Crippen molar-refractivity contribution in [3.8, 4) is 0 Å². The molecule has 0 radical (unpaired) electrons. The minimum atomic E-state index is -2.81. The summed E-state index contributed by atoms with van der Waals surface area (Å²) in [5.74, 6) is 2.26. The third-order valence-electron chi connectivity index (χ3n) is 5.20. The lowest BCUT2D eigenvalue weighted by molar-refractivity contribution is 0.315. The minimum absolute atomic E-state index is 0.180. The van der Waals surface area contributed by atoms with Crippen molar-refractivity contribution in [2.45, 2.75) is 45.2 Å². The van der Waals surface area contributed by atoms with Crippen molar-refractivity contribution in [3.63, 3.8) is 0 Å². The Morgan fingerprint density at radius 1 is 1.26 bits per heavy atom. The first-order chi connectivity index (χ1) is 11.0. The molecule has 3 unspecified atom stereocenters. The second-order valence-corrected chi connectivity index (χ2v) is 9.63. The highest BCUT2D eigenvalue weighted by Crippen LogP contribution is 2.31. The molecular weight excluding hydrogens is 312 g/mol. The molecule has 3 rings (SSSR count). The van der Waals surface area contributed by atoms with Crippen molar-refractivity contribution in [2.24, 2.45) is 16.8 Å². The van der Waals surface area contributed by atoms with E-state index in [0.717, 1.165) is 31.5 Å². The van der Waals surface area contributed by atoms with Gasteiger partial charge in [0, 0.05) is 38.3 Å². The molecule has 2 heterocycles. The lowest BCUT2D eigenvalue weighted by Crippen LogP contribution is -2.46. The van der Waals surface area contributed by atoms with Crippen molar-refractivity contribution in [3.05, 3.63) is 0 Å². The molecule has 7 heteroatoms. The van der Waals surface area contributed by atoms with Crippen LogP contribution in [-0.2, 0) is 9.84 Å². The number of sulfone groups is 1. The average Bonchev–Trinajstić information content (AvgIpc) is 3.19. The topological polar surface area (TPSA) is 73.8 Å². The van der Waals surface area contributed by atoms with E-state index >= 15 is 0 Å². The van der Waals surface area contributed by atoms with E-state index in [1.807, 2.05) is 0 Å². The van der Waals surface area contributed by atoms with Gasteiger partial charge in [-0.1, -0.05) is 6.92 Å². The lowest BCUT2D eigenvalue weighted by atomic mass is 10.1. The van der Waals surface area contributed by atoms with Crippen molar-refractivity contribution < 1.29 is 8.42 Å². The summed E-state index contributed by atoms with van der Waals surface area (Å²) in [5, 5.41) is 6.88. The zero-order valence-corrected chi connectivity index (χ0v) is 15.1. The molecule has 2 aliphatic heterocycles. The molecule has 0 aromatic heterocycles. The van der Waals surface area contributed by atoms with Gasteiger partial charge in [-0.3, -0.25) is 9.89 Å². The molecule has 3 aliphatic rings. The first-order valence-electron chi connectivity index (χ1n) is 8.96. The number of likely N-dealkylation sites (tertiary alicyclic amines) is 1. The third kappa shape index (κ3) is 4.59. The molecule has 2 saturated heterocycles. The van der Waals surface area contributed by atoms with E-state index in [2.05, 4.69) is 34.4 Å². The van der Waals surface area contributed by atoms with Gasteiger partial charge in [0.25, 0.3) is 0 Å². The summed E-state index contributed by atoms with van der Waals surface area (Å²) in [6.07, 6.45) is 3.45. The molecule has 0 bridgehead atoms. The Labute approximate surface area is 140 Å². The van der Waals surface area contributed by atoms with Crippen molar-refractivity contribution in [1.82, 2.24) is 15.5 Å². The minimum Gasteiger partial charge on any atom is -0.357 e. The average molecular weight is 343 g/mol. The van der Waals surface area contributed by atoms with Gasteiger partial charge in [0.2, 0.25) is 0 Å². The fourth-order valence-corrected chi connectivity index (χ4v) is 5.51.